The number of carbonyl (C=O) groups is 2. The van der Waals surface area contributed by atoms with Crippen molar-refractivity contribution in [2.45, 2.75) is 31.8 Å². The van der Waals surface area contributed by atoms with Gasteiger partial charge in [0.25, 0.3) is 5.91 Å². The summed E-state index contributed by atoms with van der Waals surface area (Å²) in [5.41, 5.74) is 0.362. The largest absolute Gasteiger partial charge is 0.369 e. The molecule has 0 aromatic heterocycles. The number of hydrogen-bond acceptors (Lipinski definition) is 5. The van der Waals surface area contributed by atoms with Gasteiger partial charge in [-0.3, -0.25) is 9.59 Å². The van der Waals surface area contributed by atoms with Crippen LogP contribution in [0.4, 0.5) is 0 Å². The maximum absolute atomic E-state index is 12.8. The first-order chi connectivity index (χ1) is 11.8. The Morgan fingerprint density at radius 2 is 1.84 bits per heavy atom. The third kappa shape index (κ3) is 4.45. The van der Waals surface area contributed by atoms with E-state index in [1.54, 1.807) is 24.0 Å². The van der Waals surface area contributed by atoms with Gasteiger partial charge in [-0.05, 0) is 32.9 Å². The average molecular weight is 368 g/mol. The van der Waals surface area contributed by atoms with Gasteiger partial charge in [0.15, 0.2) is 5.78 Å². The topological polar surface area (TPSA) is 84.0 Å². The van der Waals surface area contributed by atoms with Gasteiger partial charge in [-0.25, -0.2) is 8.42 Å². The van der Waals surface area contributed by atoms with Crippen molar-refractivity contribution in [3.63, 3.8) is 0 Å². The third-order valence-corrected chi connectivity index (χ3v) is 6.09. The number of carbonyl (C=O) groups excluding carboxylic acids is 2. The van der Waals surface area contributed by atoms with Crippen LogP contribution in [0.2, 0.25) is 0 Å². The summed E-state index contributed by atoms with van der Waals surface area (Å²) in [6, 6.07) is 6.03. The number of sulfonamides is 1. The number of amides is 1. The first kappa shape index (κ1) is 19.6. The van der Waals surface area contributed by atoms with Gasteiger partial charge in [0.2, 0.25) is 10.0 Å². The van der Waals surface area contributed by atoms with Crippen LogP contribution in [-0.4, -0.2) is 68.2 Å². The standard InChI is InChI=1S/C17H24N2O5S/c1-4-24-14(3)17(21)18-8-10-19(11-9-18)25(22,23)16-7-5-6-15(12-16)13(2)20/h5-7,12,14H,4,8-11H2,1-3H3. The molecule has 1 aliphatic rings. The quantitative estimate of drug-likeness (QED) is 0.703. The van der Waals surface area contributed by atoms with Crippen LogP contribution in [0.5, 0.6) is 0 Å². The van der Waals surface area contributed by atoms with E-state index in [0.717, 1.165) is 0 Å². The molecule has 0 N–H and O–H groups in total. The van der Waals surface area contributed by atoms with Gasteiger partial charge in [0, 0.05) is 38.3 Å². The summed E-state index contributed by atoms with van der Waals surface area (Å²) in [7, 11) is -3.69. The molecule has 0 radical (unpaired) electrons. The first-order valence-electron chi connectivity index (χ1n) is 8.29. The Bertz CT molecular complexity index is 739. The van der Waals surface area contributed by atoms with E-state index in [1.165, 1.54) is 23.4 Å². The van der Waals surface area contributed by atoms with E-state index in [0.29, 0.717) is 25.3 Å². The monoisotopic (exact) mass is 368 g/mol. The molecule has 8 heteroatoms. The second-order valence-electron chi connectivity index (χ2n) is 5.91. The molecule has 1 aromatic rings. The summed E-state index contributed by atoms with van der Waals surface area (Å²) in [5.74, 6) is -0.310. The second kappa shape index (κ2) is 8.07. The van der Waals surface area contributed by atoms with Crippen LogP contribution in [-0.2, 0) is 19.6 Å². The van der Waals surface area contributed by atoms with Crippen LogP contribution < -0.4 is 0 Å². The smallest absolute Gasteiger partial charge is 0.251 e. The van der Waals surface area contributed by atoms with Gasteiger partial charge in [0.1, 0.15) is 6.10 Å². The molecule has 0 saturated carbocycles. The number of Topliss-reactive ketones (excluding diaryl/α,β-unsaturated/α-hetero) is 1. The number of nitrogens with zero attached hydrogens (tertiary/aromatic N) is 2. The van der Waals surface area contributed by atoms with E-state index >= 15 is 0 Å². The molecular weight excluding hydrogens is 344 g/mol. The zero-order valence-electron chi connectivity index (χ0n) is 14.8. The average Bonchev–Trinajstić information content (AvgIpc) is 2.61. The molecule has 7 nitrogen and oxygen atoms in total. The molecule has 0 bridgehead atoms. The lowest BCUT2D eigenvalue weighted by molar-refractivity contribution is -0.143. The Morgan fingerprint density at radius 1 is 1.20 bits per heavy atom. The van der Waals surface area contributed by atoms with Crippen LogP contribution in [0.1, 0.15) is 31.1 Å². The highest BCUT2D eigenvalue weighted by atomic mass is 32.2. The van der Waals surface area contributed by atoms with Gasteiger partial charge in [-0.2, -0.15) is 4.31 Å². The maximum Gasteiger partial charge on any atom is 0.251 e. The molecule has 1 unspecified atom stereocenters. The normalized spacial score (nSPS) is 17.3. The van der Waals surface area contributed by atoms with Crippen LogP contribution >= 0.6 is 0 Å². The lowest BCUT2D eigenvalue weighted by atomic mass is 10.2. The molecule has 1 atom stereocenters. The number of hydrogen-bond donors (Lipinski definition) is 0. The van der Waals surface area contributed by atoms with Crippen LogP contribution in [0, 0.1) is 0 Å². The Hall–Kier alpha value is -1.77. The Labute approximate surface area is 148 Å². The molecule has 0 aliphatic carbocycles. The zero-order valence-corrected chi connectivity index (χ0v) is 15.6. The number of piperazine rings is 1. The molecule has 25 heavy (non-hydrogen) atoms. The summed E-state index contributed by atoms with van der Waals surface area (Å²) in [5, 5.41) is 0. The Morgan fingerprint density at radius 3 is 2.40 bits per heavy atom. The first-order valence-corrected chi connectivity index (χ1v) is 9.73. The van der Waals surface area contributed by atoms with Crippen molar-refractivity contribution in [1.29, 1.82) is 0 Å². The Balaban J connectivity index is 2.08. The van der Waals surface area contributed by atoms with Crippen molar-refractivity contribution in [2.24, 2.45) is 0 Å². The highest BCUT2D eigenvalue weighted by Gasteiger charge is 2.31. The number of ketones is 1. The van der Waals surface area contributed by atoms with Crippen molar-refractivity contribution in [3.05, 3.63) is 29.8 Å². The molecular formula is C17H24N2O5S. The molecule has 1 saturated heterocycles. The van der Waals surface area contributed by atoms with Crippen molar-refractivity contribution < 1.29 is 22.7 Å². The third-order valence-electron chi connectivity index (χ3n) is 4.19. The van der Waals surface area contributed by atoms with Crippen molar-refractivity contribution in [2.75, 3.05) is 32.8 Å². The van der Waals surface area contributed by atoms with Gasteiger partial charge in [-0.1, -0.05) is 12.1 Å². The van der Waals surface area contributed by atoms with Crippen molar-refractivity contribution in [1.82, 2.24) is 9.21 Å². The minimum atomic E-state index is -3.69. The number of ether oxygens (including phenoxy) is 1. The highest BCUT2D eigenvalue weighted by Crippen LogP contribution is 2.19. The van der Waals surface area contributed by atoms with E-state index < -0.39 is 16.1 Å². The van der Waals surface area contributed by atoms with Crippen molar-refractivity contribution in [3.8, 4) is 0 Å². The molecule has 1 aliphatic heterocycles. The summed E-state index contributed by atoms with van der Waals surface area (Å²) in [6.45, 7) is 6.45. The fourth-order valence-corrected chi connectivity index (χ4v) is 4.22. The summed E-state index contributed by atoms with van der Waals surface area (Å²) in [6.07, 6.45) is -0.527. The Kier molecular flexibility index (Phi) is 6.31. The van der Waals surface area contributed by atoms with E-state index in [4.69, 9.17) is 4.74 Å². The van der Waals surface area contributed by atoms with E-state index in [9.17, 15) is 18.0 Å². The lowest BCUT2D eigenvalue weighted by Gasteiger charge is -2.35. The van der Waals surface area contributed by atoms with Crippen LogP contribution in [0.15, 0.2) is 29.2 Å². The minimum Gasteiger partial charge on any atom is -0.369 e. The minimum absolute atomic E-state index is 0.0997. The van der Waals surface area contributed by atoms with Crippen LogP contribution in [0.25, 0.3) is 0 Å². The molecule has 1 fully saturated rings. The number of rotatable bonds is 6. The van der Waals surface area contributed by atoms with E-state index in [2.05, 4.69) is 0 Å². The van der Waals surface area contributed by atoms with E-state index in [1.807, 2.05) is 6.92 Å². The SMILES string of the molecule is CCOC(C)C(=O)N1CCN(S(=O)(=O)c2cccc(C(C)=O)c2)CC1. The lowest BCUT2D eigenvalue weighted by Crippen LogP contribution is -2.52. The molecule has 1 amide bonds. The predicted molar refractivity (Wildman–Crippen MR) is 92.9 cm³/mol. The number of benzene rings is 1. The van der Waals surface area contributed by atoms with E-state index in [-0.39, 0.29) is 29.7 Å². The fraction of sp³-hybridized carbons (Fsp3) is 0.529. The molecule has 0 spiro atoms. The zero-order chi connectivity index (χ0) is 18.6. The van der Waals surface area contributed by atoms with Gasteiger partial charge >= 0.3 is 0 Å². The summed E-state index contributed by atoms with van der Waals surface area (Å²) < 4.78 is 32.2. The summed E-state index contributed by atoms with van der Waals surface area (Å²) in [4.78, 5) is 25.4. The molecule has 138 valence electrons. The summed E-state index contributed by atoms with van der Waals surface area (Å²) >= 11 is 0. The maximum atomic E-state index is 12.8. The predicted octanol–water partition coefficient (Wildman–Crippen LogP) is 1.15. The highest BCUT2D eigenvalue weighted by molar-refractivity contribution is 7.89. The second-order valence-corrected chi connectivity index (χ2v) is 7.85. The fourth-order valence-electron chi connectivity index (χ4n) is 2.75. The molecule has 2 rings (SSSR count). The van der Waals surface area contributed by atoms with Gasteiger partial charge in [-0.15, -0.1) is 0 Å². The van der Waals surface area contributed by atoms with Gasteiger partial charge in [0.05, 0.1) is 4.90 Å². The van der Waals surface area contributed by atoms with Gasteiger partial charge < -0.3 is 9.64 Å². The molecule has 1 heterocycles. The van der Waals surface area contributed by atoms with Crippen LogP contribution in [0.3, 0.4) is 0 Å². The molecule has 1 aromatic carbocycles. The van der Waals surface area contributed by atoms with Crippen molar-refractivity contribution >= 4 is 21.7 Å².